The summed E-state index contributed by atoms with van der Waals surface area (Å²) in [6, 6.07) is 7.14. The predicted octanol–water partition coefficient (Wildman–Crippen LogP) is 2.74. The van der Waals surface area contributed by atoms with Crippen molar-refractivity contribution in [3.63, 3.8) is 0 Å². The van der Waals surface area contributed by atoms with Gasteiger partial charge in [0.05, 0.1) is 0 Å². The molecule has 3 nitrogen and oxygen atoms in total. The molecule has 2 rings (SSSR count). The highest BCUT2D eigenvalue weighted by Crippen LogP contribution is 2.05. The zero-order valence-corrected chi connectivity index (χ0v) is 13.6. The molecule has 1 aliphatic heterocycles. The Balaban J connectivity index is 0. The molecule has 0 aliphatic carbocycles. The fourth-order valence-electron chi connectivity index (χ4n) is 1.46. The van der Waals surface area contributed by atoms with E-state index in [4.69, 9.17) is 11.6 Å². The lowest BCUT2D eigenvalue weighted by Crippen LogP contribution is -2.40. The molecule has 0 unspecified atom stereocenters. The second kappa shape index (κ2) is 11.5. The second-order valence-corrected chi connectivity index (χ2v) is 4.54. The van der Waals surface area contributed by atoms with Crippen LogP contribution in [0.25, 0.3) is 0 Å². The Labute approximate surface area is 132 Å². The van der Waals surface area contributed by atoms with Crippen LogP contribution in [0.3, 0.4) is 0 Å². The number of rotatable bonds is 1. The van der Waals surface area contributed by atoms with Crippen LogP contribution in [-0.2, 0) is 0 Å². The first-order chi connectivity index (χ1) is 8.09. The standard InChI is InChI=1S/C8H7ClO.C5H12N2.2ClH/c1-6-2-4-7(5-3-6)8(9)10;1-7-4-2-6-3-5-7;;/h2-5H,1H3;6H,2-5H2,1H3;2*1H. The fraction of sp³-hybridized carbons (Fsp3) is 0.462. The van der Waals surface area contributed by atoms with Crippen molar-refractivity contribution in [2.75, 3.05) is 33.2 Å². The minimum Gasteiger partial charge on any atom is -0.314 e. The largest absolute Gasteiger partial charge is 0.314 e. The first kappa shape index (κ1) is 21.0. The molecule has 1 aromatic carbocycles. The Kier molecular flexibility index (Phi) is 12.7. The van der Waals surface area contributed by atoms with Gasteiger partial charge >= 0.3 is 0 Å². The molecule has 0 amide bonds. The van der Waals surface area contributed by atoms with Crippen LogP contribution >= 0.6 is 36.4 Å². The first-order valence-electron chi connectivity index (χ1n) is 5.75. The van der Waals surface area contributed by atoms with E-state index in [1.807, 2.05) is 19.1 Å². The average Bonchev–Trinajstić information content (AvgIpc) is 2.31. The second-order valence-electron chi connectivity index (χ2n) is 4.19. The molecule has 110 valence electrons. The number of carbonyl (C=O) groups is 1. The molecule has 0 saturated carbocycles. The number of hydrogen-bond acceptors (Lipinski definition) is 3. The molecular weight excluding hydrogens is 307 g/mol. The molecule has 1 aliphatic rings. The van der Waals surface area contributed by atoms with Gasteiger partial charge in [-0.05, 0) is 37.7 Å². The molecule has 6 heteroatoms. The van der Waals surface area contributed by atoms with E-state index in [0.29, 0.717) is 5.56 Å². The Morgan fingerprint density at radius 3 is 1.95 bits per heavy atom. The van der Waals surface area contributed by atoms with Gasteiger partial charge in [0.25, 0.3) is 5.24 Å². The lowest BCUT2D eigenvalue weighted by Gasteiger charge is -2.21. The van der Waals surface area contributed by atoms with Gasteiger partial charge in [0, 0.05) is 31.7 Å². The molecule has 1 aromatic rings. The minimum absolute atomic E-state index is 0. The van der Waals surface area contributed by atoms with Crippen LogP contribution in [0.15, 0.2) is 24.3 Å². The van der Waals surface area contributed by atoms with Crippen LogP contribution < -0.4 is 5.32 Å². The van der Waals surface area contributed by atoms with Crippen LogP contribution in [0.4, 0.5) is 0 Å². The third-order valence-electron chi connectivity index (χ3n) is 2.62. The van der Waals surface area contributed by atoms with E-state index in [1.165, 1.54) is 13.1 Å². The summed E-state index contributed by atoms with van der Waals surface area (Å²) in [4.78, 5) is 12.9. The maximum atomic E-state index is 10.5. The maximum Gasteiger partial charge on any atom is 0.252 e. The summed E-state index contributed by atoms with van der Waals surface area (Å²) in [7, 11) is 2.15. The smallest absolute Gasteiger partial charge is 0.252 e. The molecule has 19 heavy (non-hydrogen) atoms. The van der Waals surface area contributed by atoms with E-state index in [9.17, 15) is 4.79 Å². The molecule has 1 heterocycles. The van der Waals surface area contributed by atoms with Crippen molar-refractivity contribution in [3.8, 4) is 0 Å². The topological polar surface area (TPSA) is 32.3 Å². The molecule has 0 radical (unpaired) electrons. The van der Waals surface area contributed by atoms with E-state index in [2.05, 4.69) is 17.3 Å². The van der Waals surface area contributed by atoms with Crippen molar-refractivity contribution in [2.24, 2.45) is 0 Å². The van der Waals surface area contributed by atoms with E-state index in [-0.39, 0.29) is 24.8 Å². The fourth-order valence-corrected chi connectivity index (χ4v) is 1.59. The third kappa shape index (κ3) is 9.25. The summed E-state index contributed by atoms with van der Waals surface area (Å²) in [5.41, 5.74) is 1.67. The summed E-state index contributed by atoms with van der Waals surface area (Å²) >= 11 is 5.22. The molecular formula is C13H21Cl3N2O. The molecule has 0 bridgehead atoms. The van der Waals surface area contributed by atoms with Gasteiger partial charge < -0.3 is 10.2 Å². The zero-order chi connectivity index (χ0) is 12.7. The van der Waals surface area contributed by atoms with Crippen LogP contribution in [0, 0.1) is 6.92 Å². The number of nitrogens with one attached hydrogen (secondary N) is 1. The van der Waals surface area contributed by atoms with E-state index >= 15 is 0 Å². The third-order valence-corrected chi connectivity index (χ3v) is 2.84. The number of likely N-dealkylation sites (N-methyl/N-ethyl adjacent to an activating group) is 1. The van der Waals surface area contributed by atoms with Gasteiger partial charge in [0.1, 0.15) is 0 Å². The van der Waals surface area contributed by atoms with Crippen molar-refractivity contribution in [1.82, 2.24) is 10.2 Å². The molecule has 0 aromatic heterocycles. The molecule has 1 saturated heterocycles. The number of piperazine rings is 1. The van der Waals surface area contributed by atoms with Gasteiger partial charge in [-0.25, -0.2) is 0 Å². The number of hydrogen-bond donors (Lipinski definition) is 1. The minimum atomic E-state index is -0.403. The molecule has 0 atom stereocenters. The SMILES string of the molecule is CN1CCNCC1.Cc1ccc(C(=O)Cl)cc1.Cl.Cl. The van der Waals surface area contributed by atoms with E-state index < -0.39 is 5.24 Å². The van der Waals surface area contributed by atoms with Gasteiger partial charge in [-0.15, -0.1) is 24.8 Å². The number of aryl methyl sites for hydroxylation is 1. The quantitative estimate of drug-likeness (QED) is 0.805. The number of halogens is 3. The van der Waals surface area contributed by atoms with Gasteiger partial charge in [-0.3, -0.25) is 4.79 Å². The first-order valence-corrected chi connectivity index (χ1v) is 6.13. The molecule has 1 fully saturated rings. The molecule has 0 spiro atoms. The summed E-state index contributed by atoms with van der Waals surface area (Å²) in [6.45, 7) is 6.70. The summed E-state index contributed by atoms with van der Waals surface area (Å²) in [5, 5.41) is 2.87. The Bertz CT molecular complexity index is 351. The predicted molar refractivity (Wildman–Crippen MR) is 86.2 cm³/mol. The Morgan fingerprint density at radius 1 is 1.16 bits per heavy atom. The van der Waals surface area contributed by atoms with Crippen molar-refractivity contribution in [2.45, 2.75) is 6.92 Å². The number of nitrogens with zero attached hydrogens (tertiary/aromatic N) is 1. The van der Waals surface area contributed by atoms with Gasteiger partial charge in [-0.2, -0.15) is 0 Å². The van der Waals surface area contributed by atoms with Crippen LogP contribution in [-0.4, -0.2) is 43.4 Å². The Morgan fingerprint density at radius 2 is 1.63 bits per heavy atom. The van der Waals surface area contributed by atoms with Crippen molar-refractivity contribution < 1.29 is 4.79 Å². The maximum absolute atomic E-state index is 10.5. The van der Waals surface area contributed by atoms with Crippen molar-refractivity contribution >= 4 is 41.7 Å². The summed E-state index contributed by atoms with van der Waals surface area (Å²) in [6.07, 6.45) is 0. The zero-order valence-electron chi connectivity index (χ0n) is 11.2. The lowest BCUT2D eigenvalue weighted by atomic mass is 10.2. The Hall–Kier alpha value is -0.320. The van der Waals surface area contributed by atoms with Gasteiger partial charge in [-0.1, -0.05) is 17.7 Å². The van der Waals surface area contributed by atoms with Crippen LogP contribution in [0.5, 0.6) is 0 Å². The number of benzene rings is 1. The highest BCUT2D eigenvalue weighted by molar-refractivity contribution is 6.67. The van der Waals surface area contributed by atoms with E-state index in [0.717, 1.165) is 18.7 Å². The molecule has 1 N–H and O–H groups in total. The van der Waals surface area contributed by atoms with E-state index in [1.54, 1.807) is 12.1 Å². The van der Waals surface area contributed by atoms with Crippen LogP contribution in [0.1, 0.15) is 15.9 Å². The average molecular weight is 328 g/mol. The highest BCUT2D eigenvalue weighted by atomic mass is 35.5. The van der Waals surface area contributed by atoms with Crippen molar-refractivity contribution in [3.05, 3.63) is 35.4 Å². The monoisotopic (exact) mass is 326 g/mol. The number of carbonyl (C=O) groups excluding carboxylic acids is 1. The lowest BCUT2D eigenvalue weighted by molar-refractivity contribution is 0.108. The highest BCUT2D eigenvalue weighted by Gasteiger charge is 2.01. The summed E-state index contributed by atoms with van der Waals surface area (Å²) in [5.74, 6) is 0. The van der Waals surface area contributed by atoms with Crippen LogP contribution in [0.2, 0.25) is 0 Å². The summed E-state index contributed by atoms with van der Waals surface area (Å²) < 4.78 is 0. The van der Waals surface area contributed by atoms with Crippen molar-refractivity contribution in [1.29, 1.82) is 0 Å². The van der Waals surface area contributed by atoms with Gasteiger partial charge in [0.2, 0.25) is 0 Å². The normalized spacial score (nSPS) is 14.3. The van der Waals surface area contributed by atoms with Gasteiger partial charge in [0.15, 0.2) is 0 Å².